The molecule has 0 aliphatic carbocycles. The van der Waals surface area contributed by atoms with Crippen LogP contribution in [0.2, 0.25) is 0 Å². The molecule has 0 radical (unpaired) electrons. The molecule has 1 aliphatic heterocycles. The number of amides is 1. The standard InChI is InChI=1S/C16H25N3O/c1-17-8-7-16(20)18-12-14-5-4-6-15(11-14)13-19-9-2-3-10-19/h4-6,11,17H,2-3,7-10,12-13H2,1H3,(H,18,20). The normalized spacial score (nSPS) is 15.4. The van der Waals surface area contributed by atoms with Gasteiger partial charge in [0.1, 0.15) is 0 Å². The maximum atomic E-state index is 11.6. The fourth-order valence-corrected chi connectivity index (χ4v) is 2.56. The summed E-state index contributed by atoms with van der Waals surface area (Å²) in [5, 5.41) is 5.94. The first-order valence-corrected chi connectivity index (χ1v) is 7.49. The molecule has 4 heteroatoms. The summed E-state index contributed by atoms with van der Waals surface area (Å²) in [6.45, 7) is 4.80. The van der Waals surface area contributed by atoms with Crippen LogP contribution in [-0.4, -0.2) is 37.5 Å². The highest BCUT2D eigenvalue weighted by Crippen LogP contribution is 2.13. The van der Waals surface area contributed by atoms with Gasteiger partial charge < -0.3 is 10.6 Å². The Morgan fingerprint density at radius 3 is 2.75 bits per heavy atom. The van der Waals surface area contributed by atoms with Crippen LogP contribution in [0.3, 0.4) is 0 Å². The van der Waals surface area contributed by atoms with Gasteiger partial charge in [0.25, 0.3) is 0 Å². The number of nitrogens with one attached hydrogen (secondary N) is 2. The van der Waals surface area contributed by atoms with Crippen molar-refractivity contribution in [2.45, 2.75) is 32.4 Å². The highest BCUT2D eigenvalue weighted by atomic mass is 16.1. The summed E-state index contributed by atoms with van der Waals surface area (Å²) >= 11 is 0. The second kappa shape index (κ2) is 8.02. The minimum Gasteiger partial charge on any atom is -0.352 e. The van der Waals surface area contributed by atoms with Crippen molar-refractivity contribution in [2.24, 2.45) is 0 Å². The summed E-state index contributed by atoms with van der Waals surface area (Å²) in [6.07, 6.45) is 3.17. The molecule has 0 bridgehead atoms. The Morgan fingerprint density at radius 2 is 2.00 bits per heavy atom. The predicted molar refractivity (Wildman–Crippen MR) is 81.3 cm³/mol. The van der Waals surface area contributed by atoms with Crippen LogP contribution in [0.4, 0.5) is 0 Å². The summed E-state index contributed by atoms with van der Waals surface area (Å²) in [5.41, 5.74) is 2.52. The number of hydrogen-bond acceptors (Lipinski definition) is 3. The molecule has 1 fully saturated rings. The van der Waals surface area contributed by atoms with Crippen LogP contribution < -0.4 is 10.6 Å². The fraction of sp³-hybridized carbons (Fsp3) is 0.562. The Labute approximate surface area is 121 Å². The molecule has 0 aromatic heterocycles. The first-order valence-electron chi connectivity index (χ1n) is 7.49. The molecule has 2 rings (SSSR count). The van der Waals surface area contributed by atoms with E-state index in [1.54, 1.807) is 0 Å². The van der Waals surface area contributed by atoms with E-state index in [9.17, 15) is 4.79 Å². The molecule has 1 aromatic rings. The van der Waals surface area contributed by atoms with Crippen molar-refractivity contribution in [1.29, 1.82) is 0 Å². The van der Waals surface area contributed by atoms with Gasteiger partial charge in [0, 0.05) is 26.1 Å². The SMILES string of the molecule is CNCCC(=O)NCc1cccc(CN2CCCC2)c1. The van der Waals surface area contributed by atoms with Gasteiger partial charge in [-0.15, -0.1) is 0 Å². The second-order valence-electron chi connectivity index (χ2n) is 5.43. The molecule has 2 N–H and O–H groups in total. The van der Waals surface area contributed by atoms with Crippen LogP contribution in [0.15, 0.2) is 24.3 Å². The first-order chi connectivity index (χ1) is 9.78. The minimum absolute atomic E-state index is 0.101. The van der Waals surface area contributed by atoms with Gasteiger partial charge in [-0.1, -0.05) is 24.3 Å². The Kier molecular flexibility index (Phi) is 6.02. The van der Waals surface area contributed by atoms with Gasteiger partial charge in [-0.3, -0.25) is 9.69 Å². The number of carbonyl (C=O) groups excluding carboxylic acids is 1. The molecule has 4 nitrogen and oxygen atoms in total. The van der Waals surface area contributed by atoms with Crippen LogP contribution in [0.25, 0.3) is 0 Å². The van der Waals surface area contributed by atoms with Gasteiger partial charge in [0.15, 0.2) is 0 Å². The Balaban J connectivity index is 1.81. The highest BCUT2D eigenvalue weighted by Gasteiger charge is 2.11. The van der Waals surface area contributed by atoms with E-state index in [4.69, 9.17) is 0 Å². The van der Waals surface area contributed by atoms with Crippen LogP contribution in [0, 0.1) is 0 Å². The molecule has 1 saturated heterocycles. The van der Waals surface area contributed by atoms with E-state index in [1.807, 2.05) is 7.05 Å². The molecule has 0 atom stereocenters. The quantitative estimate of drug-likeness (QED) is 0.793. The predicted octanol–water partition coefficient (Wildman–Crippen LogP) is 1.51. The molecule has 1 heterocycles. The van der Waals surface area contributed by atoms with Gasteiger partial charge >= 0.3 is 0 Å². The molecule has 110 valence electrons. The molecule has 0 unspecified atom stereocenters. The van der Waals surface area contributed by atoms with E-state index in [2.05, 4.69) is 39.8 Å². The van der Waals surface area contributed by atoms with E-state index < -0.39 is 0 Å². The second-order valence-corrected chi connectivity index (χ2v) is 5.43. The molecule has 1 aromatic carbocycles. The lowest BCUT2D eigenvalue weighted by Gasteiger charge is -2.15. The molecule has 0 spiro atoms. The van der Waals surface area contributed by atoms with Crippen LogP contribution in [0.1, 0.15) is 30.4 Å². The van der Waals surface area contributed by atoms with Crippen molar-refractivity contribution >= 4 is 5.91 Å². The van der Waals surface area contributed by atoms with Crippen molar-refractivity contribution in [3.63, 3.8) is 0 Å². The lowest BCUT2D eigenvalue weighted by atomic mass is 10.1. The summed E-state index contributed by atoms with van der Waals surface area (Å²) in [7, 11) is 1.86. The maximum Gasteiger partial charge on any atom is 0.221 e. The number of benzene rings is 1. The van der Waals surface area contributed by atoms with Gasteiger partial charge in [0.2, 0.25) is 5.91 Å². The van der Waals surface area contributed by atoms with E-state index in [0.29, 0.717) is 13.0 Å². The van der Waals surface area contributed by atoms with Crippen molar-refractivity contribution in [3.05, 3.63) is 35.4 Å². The van der Waals surface area contributed by atoms with Crippen LogP contribution in [-0.2, 0) is 17.9 Å². The van der Waals surface area contributed by atoms with Gasteiger partial charge in [-0.25, -0.2) is 0 Å². The van der Waals surface area contributed by atoms with Gasteiger partial charge in [0.05, 0.1) is 0 Å². The molecular weight excluding hydrogens is 250 g/mol. The van der Waals surface area contributed by atoms with E-state index in [-0.39, 0.29) is 5.91 Å². The minimum atomic E-state index is 0.101. The third-order valence-corrected chi connectivity index (χ3v) is 3.69. The average molecular weight is 275 g/mol. The highest BCUT2D eigenvalue weighted by molar-refractivity contribution is 5.76. The Morgan fingerprint density at radius 1 is 1.25 bits per heavy atom. The zero-order valence-corrected chi connectivity index (χ0v) is 12.3. The van der Waals surface area contributed by atoms with Crippen molar-refractivity contribution in [3.8, 4) is 0 Å². The smallest absolute Gasteiger partial charge is 0.221 e. The lowest BCUT2D eigenvalue weighted by molar-refractivity contribution is -0.121. The third-order valence-electron chi connectivity index (χ3n) is 3.69. The summed E-state index contributed by atoms with van der Waals surface area (Å²) in [4.78, 5) is 14.1. The maximum absolute atomic E-state index is 11.6. The monoisotopic (exact) mass is 275 g/mol. The van der Waals surface area contributed by atoms with E-state index in [1.165, 1.54) is 37.1 Å². The van der Waals surface area contributed by atoms with Crippen molar-refractivity contribution in [1.82, 2.24) is 15.5 Å². The zero-order chi connectivity index (χ0) is 14.2. The van der Waals surface area contributed by atoms with Gasteiger partial charge in [-0.2, -0.15) is 0 Å². The number of rotatable bonds is 7. The number of nitrogens with zero attached hydrogens (tertiary/aromatic N) is 1. The summed E-state index contributed by atoms with van der Waals surface area (Å²) < 4.78 is 0. The van der Waals surface area contributed by atoms with Crippen molar-refractivity contribution < 1.29 is 4.79 Å². The Bertz CT molecular complexity index is 427. The fourth-order valence-electron chi connectivity index (χ4n) is 2.56. The lowest BCUT2D eigenvalue weighted by Crippen LogP contribution is -2.26. The summed E-state index contributed by atoms with van der Waals surface area (Å²) in [6, 6.07) is 8.54. The summed E-state index contributed by atoms with van der Waals surface area (Å²) in [5.74, 6) is 0.101. The zero-order valence-electron chi connectivity index (χ0n) is 12.3. The molecule has 1 amide bonds. The largest absolute Gasteiger partial charge is 0.352 e. The number of hydrogen-bond donors (Lipinski definition) is 2. The Hall–Kier alpha value is -1.39. The first kappa shape index (κ1) is 15.0. The number of likely N-dealkylation sites (tertiary alicyclic amines) is 1. The van der Waals surface area contributed by atoms with Crippen molar-refractivity contribution in [2.75, 3.05) is 26.7 Å². The van der Waals surface area contributed by atoms with E-state index in [0.717, 1.165) is 13.1 Å². The molecule has 1 aliphatic rings. The van der Waals surface area contributed by atoms with Crippen LogP contribution >= 0.6 is 0 Å². The number of carbonyl (C=O) groups is 1. The molecule has 0 saturated carbocycles. The third kappa shape index (κ3) is 4.94. The van der Waals surface area contributed by atoms with Gasteiger partial charge in [-0.05, 0) is 44.1 Å². The molecule has 20 heavy (non-hydrogen) atoms. The van der Waals surface area contributed by atoms with E-state index >= 15 is 0 Å². The topological polar surface area (TPSA) is 44.4 Å². The average Bonchev–Trinajstić information content (AvgIpc) is 2.96. The van der Waals surface area contributed by atoms with Crippen LogP contribution in [0.5, 0.6) is 0 Å². The molecular formula is C16H25N3O.